The zero-order chi connectivity index (χ0) is 12.3. The molecule has 1 aromatic carbocycles. The summed E-state index contributed by atoms with van der Waals surface area (Å²) < 4.78 is 5.53. The maximum atomic E-state index is 11.2. The fourth-order valence-electron chi connectivity index (χ4n) is 1.74. The van der Waals surface area contributed by atoms with E-state index in [1.54, 1.807) is 6.07 Å². The maximum Gasteiger partial charge on any atom is 0.200 e. The Balaban J connectivity index is 2.32. The Bertz CT molecular complexity index is 502. The SMILES string of the molecule is CCN(c1ccccc1)c1ccc(C(C)=O)o1. The maximum absolute atomic E-state index is 11.2. The molecule has 0 saturated carbocycles. The van der Waals surface area contributed by atoms with Gasteiger partial charge in [0.05, 0.1) is 0 Å². The number of rotatable bonds is 4. The van der Waals surface area contributed by atoms with Gasteiger partial charge >= 0.3 is 0 Å². The van der Waals surface area contributed by atoms with E-state index in [9.17, 15) is 4.79 Å². The molecule has 0 unspecified atom stereocenters. The first-order valence-electron chi connectivity index (χ1n) is 5.65. The highest BCUT2D eigenvalue weighted by Gasteiger charge is 2.12. The number of nitrogens with zero attached hydrogens (tertiary/aromatic N) is 1. The van der Waals surface area contributed by atoms with Crippen molar-refractivity contribution in [1.82, 2.24) is 0 Å². The molecule has 0 atom stereocenters. The van der Waals surface area contributed by atoms with Crippen molar-refractivity contribution in [2.24, 2.45) is 0 Å². The Hall–Kier alpha value is -2.03. The fraction of sp³-hybridized carbons (Fsp3) is 0.214. The molecule has 3 heteroatoms. The molecule has 0 bridgehead atoms. The lowest BCUT2D eigenvalue weighted by atomic mass is 10.3. The van der Waals surface area contributed by atoms with Crippen molar-refractivity contribution in [2.75, 3.05) is 11.4 Å². The van der Waals surface area contributed by atoms with Crippen molar-refractivity contribution in [3.8, 4) is 0 Å². The quantitative estimate of drug-likeness (QED) is 0.750. The van der Waals surface area contributed by atoms with E-state index in [0.717, 1.165) is 12.2 Å². The summed E-state index contributed by atoms with van der Waals surface area (Å²) >= 11 is 0. The van der Waals surface area contributed by atoms with E-state index in [1.165, 1.54) is 6.92 Å². The van der Waals surface area contributed by atoms with Crippen LogP contribution in [0.1, 0.15) is 24.4 Å². The number of para-hydroxylation sites is 1. The average molecular weight is 229 g/mol. The summed E-state index contributed by atoms with van der Waals surface area (Å²) in [5.41, 5.74) is 1.06. The molecule has 2 aromatic rings. The molecule has 88 valence electrons. The summed E-state index contributed by atoms with van der Waals surface area (Å²) in [5.74, 6) is 1.04. The van der Waals surface area contributed by atoms with E-state index in [-0.39, 0.29) is 5.78 Å². The van der Waals surface area contributed by atoms with Crippen molar-refractivity contribution in [3.05, 3.63) is 48.2 Å². The summed E-state index contributed by atoms with van der Waals surface area (Å²) in [6.07, 6.45) is 0. The zero-order valence-electron chi connectivity index (χ0n) is 10.0. The van der Waals surface area contributed by atoms with Gasteiger partial charge in [0.15, 0.2) is 11.5 Å². The molecule has 0 radical (unpaired) electrons. The van der Waals surface area contributed by atoms with E-state index >= 15 is 0 Å². The van der Waals surface area contributed by atoms with Crippen LogP contribution >= 0.6 is 0 Å². The first-order valence-corrected chi connectivity index (χ1v) is 5.65. The number of anilines is 2. The monoisotopic (exact) mass is 229 g/mol. The van der Waals surface area contributed by atoms with Gasteiger partial charge in [-0.15, -0.1) is 0 Å². The third kappa shape index (κ3) is 2.38. The van der Waals surface area contributed by atoms with E-state index in [2.05, 4.69) is 0 Å². The Kier molecular flexibility index (Phi) is 3.28. The van der Waals surface area contributed by atoms with Gasteiger partial charge in [-0.05, 0) is 25.1 Å². The van der Waals surface area contributed by atoms with Crippen molar-refractivity contribution < 1.29 is 9.21 Å². The number of benzene rings is 1. The molecular formula is C14H15NO2. The summed E-state index contributed by atoms with van der Waals surface area (Å²) in [5, 5.41) is 0. The molecule has 0 aliphatic rings. The molecule has 0 saturated heterocycles. The van der Waals surface area contributed by atoms with E-state index in [1.807, 2.05) is 48.2 Å². The van der Waals surface area contributed by atoms with Crippen molar-refractivity contribution in [3.63, 3.8) is 0 Å². The van der Waals surface area contributed by atoms with Crippen LogP contribution in [0.2, 0.25) is 0 Å². The van der Waals surface area contributed by atoms with Crippen LogP contribution in [0.25, 0.3) is 0 Å². The van der Waals surface area contributed by atoms with Crippen LogP contribution in [-0.2, 0) is 0 Å². The summed E-state index contributed by atoms with van der Waals surface area (Å²) in [4.78, 5) is 13.2. The van der Waals surface area contributed by atoms with Gasteiger partial charge < -0.3 is 9.32 Å². The lowest BCUT2D eigenvalue weighted by Crippen LogP contribution is -2.14. The molecule has 1 aromatic heterocycles. The molecule has 0 fully saturated rings. The normalized spacial score (nSPS) is 10.2. The molecule has 0 amide bonds. The fourth-order valence-corrected chi connectivity index (χ4v) is 1.74. The molecule has 3 nitrogen and oxygen atoms in total. The van der Waals surface area contributed by atoms with Gasteiger partial charge in [-0.3, -0.25) is 4.79 Å². The van der Waals surface area contributed by atoms with Crippen LogP contribution < -0.4 is 4.90 Å². The van der Waals surface area contributed by atoms with Gasteiger partial charge in [0.1, 0.15) is 0 Å². The number of hydrogen-bond acceptors (Lipinski definition) is 3. The van der Waals surface area contributed by atoms with Gasteiger partial charge in [-0.2, -0.15) is 0 Å². The third-order valence-corrected chi connectivity index (χ3v) is 2.59. The molecule has 1 heterocycles. The molecule has 2 rings (SSSR count). The molecule has 0 aliphatic heterocycles. The Labute approximate surface area is 101 Å². The van der Waals surface area contributed by atoms with Crippen molar-refractivity contribution in [2.45, 2.75) is 13.8 Å². The van der Waals surface area contributed by atoms with E-state index in [0.29, 0.717) is 11.6 Å². The smallest absolute Gasteiger partial charge is 0.200 e. The largest absolute Gasteiger partial charge is 0.437 e. The predicted molar refractivity (Wildman–Crippen MR) is 67.8 cm³/mol. The van der Waals surface area contributed by atoms with Crippen LogP contribution in [0, 0.1) is 0 Å². The second kappa shape index (κ2) is 4.87. The summed E-state index contributed by atoms with van der Waals surface area (Å²) in [6, 6.07) is 13.5. The van der Waals surface area contributed by atoms with Gasteiger partial charge in [-0.1, -0.05) is 18.2 Å². The number of ketones is 1. The van der Waals surface area contributed by atoms with E-state index < -0.39 is 0 Å². The average Bonchev–Trinajstić information content (AvgIpc) is 2.81. The Morgan fingerprint density at radius 3 is 2.41 bits per heavy atom. The second-order valence-electron chi connectivity index (χ2n) is 3.77. The minimum absolute atomic E-state index is 0.0552. The molecule has 0 spiro atoms. The van der Waals surface area contributed by atoms with Gasteiger partial charge in [-0.25, -0.2) is 0 Å². The lowest BCUT2D eigenvalue weighted by Gasteiger charge is -2.19. The molecule has 0 aliphatic carbocycles. The third-order valence-electron chi connectivity index (χ3n) is 2.59. The Morgan fingerprint density at radius 2 is 1.88 bits per heavy atom. The lowest BCUT2D eigenvalue weighted by molar-refractivity contribution is 0.0988. The minimum Gasteiger partial charge on any atom is -0.437 e. The predicted octanol–water partition coefficient (Wildman–Crippen LogP) is 3.64. The van der Waals surface area contributed by atoms with Gasteiger partial charge in [0.25, 0.3) is 0 Å². The number of furan rings is 1. The molecular weight excluding hydrogens is 214 g/mol. The molecule has 0 N–H and O–H groups in total. The number of carbonyl (C=O) groups excluding carboxylic acids is 1. The Morgan fingerprint density at radius 1 is 1.18 bits per heavy atom. The van der Waals surface area contributed by atoms with Crippen LogP contribution in [-0.4, -0.2) is 12.3 Å². The van der Waals surface area contributed by atoms with Crippen LogP contribution in [0.4, 0.5) is 11.6 Å². The molecule has 17 heavy (non-hydrogen) atoms. The first-order chi connectivity index (χ1) is 8.22. The first kappa shape index (κ1) is 11.5. The highest BCUT2D eigenvalue weighted by molar-refractivity contribution is 5.91. The van der Waals surface area contributed by atoms with E-state index in [4.69, 9.17) is 4.42 Å². The number of carbonyl (C=O) groups is 1. The summed E-state index contributed by atoms with van der Waals surface area (Å²) in [6.45, 7) is 4.33. The van der Waals surface area contributed by atoms with Crippen LogP contribution in [0.3, 0.4) is 0 Å². The van der Waals surface area contributed by atoms with Crippen LogP contribution in [0.5, 0.6) is 0 Å². The number of hydrogen-bond donors (Lipinski definition) is 0. The summed E-state index contributed by atoms with van der Waals surface area (Å²) in [7, 11) is 0. The zero-order valence-corrected chi connectivity index (χ0v) is 10.0. The minimum atomic E-state index is -0.0552. The van der Waals surface area contributed by atoms with Crippen molar-refractivity contribution >= 4 is 17.4 Å². The topological polar surface area (TPSA) is 33.5 Å². The second-order valence-corrected chi connectivity index (χ2v) is 3.77. The van der Waals surface area contributed by atoms with Gasteiger partial charge in [0.2, 0.25) is 5.88 Å². The highest BCUT2D eigenvalue weighted by atomic mass is 16.4. The van der Waals surface area contributed by atoms with Crippen LogP contribution in [0.15, 0.2) is 46.9 Å². The van der Waals surface area contributed by atoms with Crippen molar-refractivity contribution in [1.29, 1.82) is 0 Å². The van der Waals surface area contributed by atoms with Gasteiger partial charge in [0, 0.05) is 25.2 Å². The number of Topliss-reactive ketones (excluding diaryl/α,β-unsaturated/α-hetero) is 1. The highest BCUT2D eigenvalue weighted by Crippen LogP contribution is 2.26. The standard InChI is InChI=1S/C14H15NO2/c1-3-15(12-7-5-4-6-8-12)14-10-9-13(17-14)11(2)16/h4-10H,3H2,1-2H3.